The van der Waals surface area contributed by atoms with Crippen molar-refractivity contribution >= 4 is 15.9 Å². The molecule has 2 heterocycles. The summed E-state index contributed by atoms with van der Waals surface area (Å²) < 4.78 is 68.8. The van der Waals surface area contributed by atoms with E-state index in [0.29, 0.717) is 18.8 Å². The lowest BCUT2D eigenvalue weighted by molar-refractivity contribution is -0.162. The minimum Gasteiger partial charge on any atom is -0.493 e. The first-order valence-corrected chi connectivity index (χ1v) is 9.21. The number of benzene rings is 1. The molecule has 0 bridgehead atoms. The van der Waals surface area contributed by atoms with Gasteiger partial charge >= 0.3 is 6.18 Å². The SMILES string of the molecule is O=C(CC(F)(F)F)N1CCN(S(=O)(=O)c2ccc3c(c2)CCO3)CC1. The molecule has 0 atom stereocenters. The Kier molecular flexibility index (Phi) is 4.67. The Morgan fingerprint density at radius 2 is 1.84 bits per heavy atom. The fourth-order valence-electron chi connectivity index (χ4n) is 2.93. The molecule has 0 aliphatic carbocycles. The Bertz CT molecular complexity index is 771. The van der Waals surface area contributed by atoms with Gasteiger partial charge in [-0.05, 0) is 23.8 Å². The van der Waals surface area contributed by atoms with Crippen LogP contribution < -0.4 is 4.74 Å². The van der Waals surface area contributed by atoms with E-state index in [1.807, 2.05) is 0 Å². The molecule has 1 saturated heterocycles. The van der Waals surface area contributed by atoms with Crippen molar-refractivity contribution in [2.45, 2.75) is 23.9 Å². The number of sulfonamides is 1. The van der Waals surface area contributed by atoms with Crippen molar-refractivity contribution in [3.05, 3.63) is 23.8 Å². The number of fused-ring (bicyclic) bond motifs is 1. The van der Waals surface area contributed by atoms with E-state index in [0.717, 1.165) is 10.5 Å². The van der Waals surface area contributed by atoms with Gasteiger partial charge in [-0.2, -0.15) is 17.5 Å². The van der Waals surface area contributed by atoms with Gasteiger partial charge in [0.25, 0.3) is 0 Å². The summed E-state index contributed by atoms with van der Waals surface area (Å²) in [7, 11) is -3.75. The number of alkyl halides is 3. The quantitative estimate of drug-likeness (QED) is 0.798. The number of carbonyl (C=O) groups excluding carboxylic acids is 1. The number of halogens is 3. The van der Waals surface area contributed by atoms with Crippen molar-refractivity contribution in [3.63, 3.8) is 0 Å². The maximum Gasteiger partial charge on any atom is 0.397 e. The van der Waals surface area contributed by atoms with Crippen LogP contribution >= 0.6 is 0 Å². The summed E-state index contributed by atoms with van der Waals surface area (Å²) in [5.41, 5.74) is 0.820. The smallest absolute Gasteiger partial charge is 0.397 e. The van der Waals surface area contributed by atoms with Crippen LogP contribution in [0.3, 0.4) is 0 Å². The molecule has 0 N–H and O–H groups in total. The van der Waals surface area contributed by atoms with Crippen LogP contribution in [0.4, 0.5) is 13.2 Å². The normalized spacial score (nSPS) is 18.8. The summed E-state index contributed by atoms with van der Waals surface area (Å²) in [6, 6.07) is 4.64. The van der Waals surface area contributed by atoms with Gasteiger partial charge in [0.15, 0.2) is 0 Å². The summed E-state index contributed by atoms with van der Waals surface area (Å²) in [6.07, 6.45) is -5.45. The molecule has 1 fully saturated rings. The molecule has 0 aromatic heterocycles. The number of ether oxygens (including phenoxy) is 1. The van der Waals surface area contributed by atoms with E-state index in [2.05, 4.69) is 0 Å². The van der Waals surface area contributed by atoms with Gasteiger partial charge in [-0.3, -0.25) is 4.79 Å². The van der Waals surface area contributed by atoms with Gasteiger partial charge in [-0.1, -0.05) is 0 Å². The highest BCUT2D eigenvalue weighted by Crippen LogP contribution is 2.29. The third-order valence-corrected chi connectivity index (χ3v) is 6.14. The lowest BCUT2D eigenvalue weighted by Crippen LogP contribution is -2.51. The van der Waals surface area contributed by atoms with Crippen LogP contribution in [0.2, 0.25) is 0 Å². The van der Waals surface area contributed by atoms with Gasteiger partial charge in [-0.15, -0.1) is 0 Å². The number of hydrogen-bond acceptors (Lipinski definition) is 4. The van der Waals surface area contributed by atoms with Crippen LogP contribution in [0.5, 0.6) is 5.75 Å². The highest BCUT2D eigenvalue weighted by molar-refractivity contribution is 7.89. The third kappa shape index (κ3) is 3.90. The molecular weight excluding hydrogens is 361 g/mol. The molecule has 0 unspecified atom stereocenters. The zero-order valence-corrected chi connectivity index (χ0v) is 14.1. The molecule has 1 aromatic rings. The van der Waals surface area contributed by atoms with Gasteiger partial charge in [0.2, 0.25) is 15.9 Å². The molecule has 2 aliphatic heterocycles. The Hall–Kier alpha value is -1.81. The maximum absolute atomic E-state index is 12.7. The molecular formula is C15H17F3N2O4S. The number of amides is 1. The van der Waals surface area contributed by atoms with Gasteiger partial charge in [0.05, 0.1) is 11.5 Å². The average molecular weight is 378 g/mol. The van der Waals surface area contributed by atoms with E-state index in [1.165, 1.54) is 10.4 Å². The first-order valence-electron chi connectivity index (χ1n) is 7.77. The minimum absolute atomic E-state index is 0.0283. The molecule has 0 radical (unpaired) electrons. The third-order valence-electron chi connectivity index (χ3n) is 4.24. The van der Waals surface area contributed by atoms with Crippen LogP contribution in [0.1, 0.15) is 12.0 Å². The predicted molar refractivity (Wildman–Crippen MR) is 81.7 cm³/mol. The van der Waals surface area contributed by atoms with Crippen LogP contribution in [-0.2, 0) is 21.2 Å². The van der Waals surface area contributed by atoms with Crippen molar-refractivity contribution in [1.29, 1.82) is 0 Å². The fourth-order valence-corrected chi connectivity index (χ4v) is 4.41. The summed E-state index contributed by atoms with van der Waals surface area (Å²) in [6.45, 7) is 0.349. The van der Waals surface area contributed by atoms with Crippen molar-refractivity contribution in [2.24, 2.45) is 0 Å². The van der Waals surface area contributed by atoms with Crippen LogP contribution in [0.25, 0.3) is 0 Å². The Labute approximate surface area is 143 Å². The number of carbonyl (C=O) groups is 1. The van der Waals surface area contributed by atoms with Gasteiger partial charge < -0.3 is 9.64 Å². The summed E-state index contributed by atoms with van der Waals surface area (Å²) in [5.74, 6) is -0.360. The first kappa shape index (κ1) is 18.0. The fraction of sp³-hybridized carbons (Fsp3) is 0.533. The monoisotopic (exact) mass is 378 g/mol. The molecule has 3 rings (SSSR count). The standard InChI is InChI=1S/C15H17F3N2O4S/c16-15(17,18)10-14(21)19-4-6-20(7-5-19)25(22,23)12-1-2-13-11(9-12)3-8-24-13/h1-2,9H,3-8,10H2. The molecule has 1 amide bonds. The summed E-state index contributed by atoms with van der Waals surface area (Å²) >= 11 is 0. The summed E-state index contributed by atoms with van der Waals surface area (Å²) in [5, 5.41) is 0. The molecule has 138 valence electrons. The number of nitrogens with zero attached hydrogens (tertiary/aromatic N) is 2. The van der Waals surface area contributed by atoms with E-state index in [1.54, 1.807) is 12.1 Å². The van der Waals surface area contributed by atoms with Crippen molar-refractivity contribution in [2.75, 3.05) is 32.8 Å². The lowest BCUT2D eigenvalue weighted by atomic mass is 10.2. The van der Waals surface area contributed by atoms with E-state index < -0.39 is 28.5 Å². The number of rotatable bonds is 3. The van der Waals surface area contributed by atoms with Gasteiger partial charge in [-0.25, -0.2) is 8.42 Å². The van der Waals surface area contributed by atoms with Crippen molar-refractivity contribution in [1.82, 2.24) is 9.21 Å². The zero-order chi connectivity index (χ0) is 18.2. The largest absolute Gasteiger partial charge is 0.493 e. The van der Waals surface area contributed by atoms with E-state index in [-0.39, 0.29) is 31.1 Å². The Morgan fingerprint density at radius 1 is 1.16 bits per heavy atom. The van der Waals surface area contributed by atoms with Crippen molar-refractivity contribution in [3.8, 4) is 5.75 Å². The van der Waals surface area contributed by atoms with E-state index >= 15 is 0 Å². The molecule has 0 saturated carbocycles. The topological polar surface area (TPSA) is 66.9 Å². The maximum atomic E-state index is 12.7. The molecule has 10 heteroatoms. The molecule has 6 nitrogen and oxygen atoms in total. The van der Waals surface area contributed by atoms with Crippen LogP contribution in [0.15, 0.2) is 23.1 Å². The molecule has 0 spiro atoms. The van der Waals surface area contributed by atoms with E-state index in [4.69, 9.17) is 4.74 Å². The van der Waals surface area contributed by atoms with Crippen molar-refractivity contribution < 1.29 is 31.1 Å². The molecule has 25 heavy (non-hydrogen) atoms. The first-order chi connectivity index (χ1) is 11.7. The zero-order valence-electron chi connectivity index (χ0n) is 13.3. The van der Waals surface area contributed by atoms with Crippen LogP contribution in [0, 0.1) is 0 Å². The number of hydrogen-bond donors (Lipinski definition) is 0. The number of piperazine rings is 1. The lowest BCUT2D eigenvalue weighted by Gasteiger charge is -2.34. The Morgan fingerprint density at radius 3 is 2.48 bits per heavy atom. The molecule has 1 aromatic carbocycles. The van der Waals surface area contributed by atoms with E-state index in [9.17, 15) is 26.4 Å². The average Bonchev–Trinajstić information content (AvgIpc) is 3.01. The van der Waals surface area contributed by atoms with Gasteiger partial charge in [0, 0.05) is 32.6 Å². The highest BCUT2D eigenvalue weighted by Gasteiger charge is 2.36. The Balaban J connectivity index is 1.67. The highest BCUT2D eigenvalue weighted by atomic mass is 32.2. The summed E-state index contributed by atoms with van der Waals surface area (Å²) in [4.78, 5) is 12.8. The van der Waals surface area contributed by atoms with Crippen LogP contribution in [-0.4, -0.2) is 62.5 Å². The molecule has 2 aliphatic rings. The second kappa shape index (κ2) is 6.49. The predicted octanol–water partition coefficient (Wildman–Crippen LogP) is 1.41. The second-order valence-corrected chi connectivity index (χ2v) is 7.88. The van der Waals surface area contributed by atoms with Gasteiger partial charge in [0.1, 0.15) is 12.2 Å². The second-order valence-electron chi connectivity index (χ2n) is 5.94. The minimum atomic E-state index is -4.56.